The first-order chi connectivity index (χ1) is 16.1. The summed E-state index contributed by atoms with van der Waals surface area (Å²) in [5.41, 5.74) is 4.96. The predicted octanol–water partition coefficient (Wildman–Crippen LogP) is 5.28. The Bertz CT molecular complexity index is 1250. The molecule has 6 heteroatoms. The highest BCUT2D eigenvalue weighted by Crippen LogP contribution is 2.27. The van der Waals surface area contributed by atoms with Crippen LogP contribution in [0.2, 0.25) is 0 Å². The van der Waals surface area contributed by atoms with Crippen molar-refractivity contribution in [2.45, 2.75) is 18.9 Å². The maximum absolute atomic E-state index is 12.8. The lowest BCUT2D eigenvalue weighted by molar-refractivity contribution is 0.102. The maximum atomic E-state index is 12.8. The zero-order valence-corrected chi connectivity index (χ0v) is 19.0. The number of rotatable bonds is 5. The van der Waals surface area contributed by atoms with Crippen molar-refractivity contribution in [2.24, 2.45) is 0 Å². The number of benzene rings is 3. The van der Waals surface area contributed by atoms with Gasteiger partial charge in [-0.3, -0.25) is 4.79 Å². The highest BCUT2D eigenvalue weighted by molar-refractivity contribution is 6.05. The van der Waals surface area contributed by atoms with Gasteiger partial charge in [-0.1, -0.05) is 42.5 Å². The van der Waals surface area contributed by atoms with E-state index in [-0.39, 0.29) is 5.91 Å². The molecular weight excluding hydrogens is 412 g/mol. The van der Waals surface area contributed by atoms with Gasteiger partial charge < -0.3 is 19.5 Å². The number of piperidine rings is 1. The topological polar surface area (TPSA) is 61.6 Å². The van der Waals surface area contributed by atoms with Crippen molar-refractivity contribution in [1.82, 2.24) is 9.88 Å². The van der Waals surface area contributed by atoms with Gasteiger partial charge in [-0.05, 0) is 67.9 Å². The number of hydrogen-bond donors (Lipinski definition) is 1. The Morgan fingerprint density at radius 3 is 2.58 bits per heavy atom. The third kappa shape index (κ3) is 4.61. The van der Waals surface area contributed by atoms with E-state index in [9.17, 15) is 4.79 Å². The molecule has 1 fully saturated rings. The van der Waals surface area contributed by atoms with Crippen LogP contribution in [0.3, 0.4) is 0 Å². The number of amides is 1. The number of fused-ring (bicyclic) bond motifs is 1. The highest BCUT2D eigenvalue weighted by atomic mass is 16.4. The van der Waals surface area contributed by atoms with Crippen molar-refractivity contribution in [2.75, 3.05) is 37.4 Å². The molecule has 0 bridgehead atoms. The molecule has 0 radical (unpaired) electrons. The van der Waals surface area contributed by atoms with Crippen LogP contribution in [0.15, 0.2) is 77.2 Å². The van der Waals surface area contributed by atoms with Crippen LogP contribution >= 0.6 is 0 Å². The minimum absolute atomic E-state index is 0.153. The van der Waals surface area contributed by atoms with Gasteiger partial charge in [0.05, 0.1) is 0 Å². The molecular formula is C27H28N4O2. The summed E-state index contributed by atoms with van der Waals surface area (Å²) < 4.78 is 6.00. The molecule has 168 valence electrons. The van der Waals surface area contributed by atoms with Crippen molar-refractivity contribution in [3.8, 4) is 11.1 Å². The average molecular weight is 441 g/mol. The smallest absolute Gasteiger partial charge is 0.298 e. The Balaban J connectivity index is 1.29. The normalized spacial score (nSPS) is 16.6. The second-order valence-electron chi connectivity index (χ2n) is 8.75. The fourth-order valence-corrected chi connectivity index (χ4v) is 4.40. The van der Waals surface area contributed by atoms with E-state index >= 15 is 0 Å². The first-order valence-electron chi connectivity index (χ1n) is 11.4. The number of carbonyl (C=O) groups is 1. The van der Waals surface area contributed by atoms with Gasteiger partial charge in [0, 0.05) is 30.9 Å². The van der Waals surface area contributed by atoms with Gasteiger partial charge in [-0.15, -0.1) is 0 Å². The van der Waals surface area contributed by atoms with Gasteiger partial charge in [-0.2, -0.15) is 4.98 Å². The van der Waals surface area contributed by atoms with Crippen molar-refractivity contribution in [3.63, 3.8) is 0 Å². The molecule has 1 aliphatic rings. The Morgan fingerprint density at radius 1 is 1.06 bits per heavy atom. The molecule has 0 spiro atoms. The van der Waals surface area contributed by atoms with Gasteiger partial charge in [0.2, 0.25) is 0 Å². The van der Waals surface area contributed by atoms with Crippen LogP contribution < -0.4 is 10.2 Å². The molecule has 5 rings (SSSR count). The molecule has 1 saturated heterocycles. The fourth-order valence-electron chi connectivity index (χ4n) is 4.40. The average Bonchev–Trinajstić information content (AvgIpc) is 3.28. The number of carbonyl (C=O) groups excluding carboxylic acids is 1. The Hall–Kier alpha value is -3.64. The van der Waals surface area contributed by atoms with Crippen molar-refractivity contribution in [3.05, 3.63) is 78.4 Å². The summed E-state index contributed by atoms with van der Waals surface area (Å²) in [5, 5.41) is 2.98. The number of aromatic nitrogens is 1. The fraction of sp³-hybridized carbons (Fsp3) is 0.259. The number of nitrogens with zero attached hydrogens (tertiary/aromatic N) is 3. The molecule has 6 nitrogen and oxygen atoms in total. The molecule has 4 aromatic rings. The molecule has 0 aliphatic carbocycles. The second-order valence-corrected chi connectivity index (χ2v) is 8.75. The van der Waals surface area contributed by atoms with Gasteiger partial charge in [-0.25, -0.2) is 0 Å². The molecule has 0 saturated carbocycles. The summed E-state index contributed by atoms with van der Waals surface area (Å²) in [6.07, 6.45) is 2.30. The number of anilines is 2. The van der Waals surface area contributed by atoms with Crippen LogP contribution in [-0.2, 0) is 0 Å². The first-order valence-corrected chi connectivity index (χ1v) is 11.4. The summed E-state index contributed by atoms with van der Waals surface area (Å²) in [7, 11) is 4.19. The molecule has 1 atom stereocenters. The van der Waals surface area contributed by atoms with E-state index < -0.39 is 0 Å². The Labute approximate surface area is 193 Å². The van der Waals surface area contributed by atoms with E-state index in [1.165, 1.54) is 6.42 Å². The third-order valence-electron chi connectivity index (χ3n) is 6.34. The largest absolute Gasteiger partial charge is 0.423 e. The van der Waals surface area contributed by atoms with Gasteiger partial charge >= 0.3 is 0 Å². The van der Waals surface area contributed by atoms with Crippen LogP contribution in [-0.4, -0.2) is 49.0 Å². The van der Waals surface area contributed by atoms with Crippen molar-refractivity contribution in [1.29, 1.82) is 0 Å². The summed E-state index contributed by atoms with van der Waals surface area (Å²) in [6.45, 7) is 2.13. The predicted molar refractivity (Wildman–Crippen MR) is 133 cm³/mol. The van der Waals surface area contributed by atoms with Crippen LogP contribution in [0.1, 0.15) is 23.2 Å². The number of likely N-dealkylation sites (tertiary alicyclic amines) is 1. The number of likely N-dealkylation sites (N-methyl/N-ethyl adjacent to an activating group) is 2. The lowest BCUT2D eigenvalue weighted by atomic mass is 10.0. The van der Waals surface area contributed by atoms with Crippen molar-refractivity contribution < 1.29 is 9.21 Å². The van der Waals surface area contributed by atoms with Crippen LogP contribution in [0, 0.1) is 0 Å². The monoisotopic (exact) mass is 440 g/mol. The highest BCUT2D eigenvalue weighted by Gasteiger charge is 2.24. The second kappa shape index (κ2) is 9.08. The van der Waals surface area contributed by atoms with E-state index in [1.807, 2.05) is 67.7 Å². The van der Waals surface area contributed by atoms with Crippen LogP contribution in [0.4, 0.5) is 11.7 Å². The van der Waals surface area contributed by atoms with E-state index in [4.69, 9.17) is 4.42 Å². The SMILES string of the molecule is CN1CCCC(N(C)c2nc3cc(NC(=O)c4ccc(-c5ccccc5)cc4)ccc3o2)C1. The molecule has 2 heterocycles. The zero-order valence-electron chi connectivity index (χ0n) is 19.0. The van der Waals surface area contributed by atoms with E-state index in [0.717, 1.165) is 36.2 Å². The summed E-state index contributed by atoms with van der Waals surface area (Å²) >= 11 is 0. The number of hydrogen-bond acceptors (Lipinski definition) is 5. The first kappa shape index (κ1) is 21.2. The maximum Gasteiger partial charge on any atom is 0.298 e. The minimum atomic E-state index is -0.153. The molecule has 1 aromatic heterocycles. The number of oxazole rings is 1. The molecule has 33 heavy (non-hydrogen) atoms. The summed E-state index contributed by atoms with van der Waals surface area (Å²) in [5.74, 6) is -0.153. The molecule has 1 N–H and O–H groups in total. The van der Waals surface area contributed by atoms with E-state index in [1.54, 1.807) is 0 Å². The standard InChI is InChI=1S/C27H28N4O2/c1-30-16-6-9-23(18-30)31(2)27-29-24-17-22(14-15-25(24)33-27)28-26(32)21-12-10-20(11-13-21)19-7-4-3-5-8-19/h3-5,7-8,10-15,17,23H,6,9,16,18H2,1-2H3,(H,28,32). The summed E-state index contributed by atoms with van der Waals surface area (Å²) in [6, 6.07) is 24.3. The molecule has 3 aromatic carbocycles. The van der Waals surface area contributed by atoms with E-state index in [2.05, 4.69) is 39.3 Å². The van der Waals surface area contributed by atoms with Gasteiger partial charge in [0.25, 0.3) is 11.9 Å². The lowest BCUT2D eigenvalue weighted by Crippen LogP contribution is -2.45. The van der Waals surface area contributed by atoms with Crippen molar-refractivity contribution >= 4 is 28.7 Å². The van der Waals surface area contributed by atoms with Gasteiger partial charge in [0.15, 0.2) is 5.58 Å². The van der Waals surface area contributed by atoms with Crippen LogP contribution in [0.25, 0.3) is 22.2 Å². The zero-order chi connectivity index (χ0) is 22.8. The van der Waals surface area contributed by atoms with Gasteiger partial charge in [0.1, 0.15) is 5.52 Å². The Morgan fingerprint density at radius 2 is 1.82 bits per heavy atom. The quantitative estimate of drug-likeness (QED) is 0.458. The molecule has 1 amide bonds. The van der Waals surface area contributed by atoms with E-state index in [0.29, 0.717) is 28.9 Å². The minimum Gasteiger partial charge on any atom is -0.423 e. The molecule has 1 aliphatic heterocycles. The lowest BCUT2D eigenvalue weighted by Gasteiger charge is -2.34. The molecule has 1 unspecified atom stereocenters. The third-order valence-corrected chi connectivity index (χ3v) is 6.34. The number of nitrogens with one attached hydrogen (secondary N) is 1. The summed E-state index contributed by atoms with van der Waals surface area (Å²) in [4.78, 5) is 21.9. The Kier molecular flexibility index (Phi) is 5.84. The van der Waals surface area contributed by atoms with Crippen LogP contribution in [0.5, 0.6) is 0 Å².